The van der Waals surface area contributed by atoms with Crippen LogP contribution in [0.1, 0.15) is 11.3 Å². The second-order valence-corrected chi connectivity index (χ2v) is 5.05. The summed E-state index contributed by atoms with van der Waals surface area (Å²) in [6, 6.07) is 8.46. The fourth-order valence-electron chi connectivity index (χ4n) is 3.01. The Morgan fingerprint density at radius 1 is 1.16 bits per heavy atom. The van der Waals surface area contributed by atoms with Gasteiger partial charge in [-0.05, 0) is 24.1 Å². The van der Waals surface area contributed by atoms with Crippen LogP contribution in [0.25, 0.3) is 17.0 Å². The number of amides is 1. The van der Waals surface area contributed by atoms with Crippen LogP contribution in [0.2, 0.25) is 0 Å². The van der Waals surface area contributed by atoms with Crippen molar-refractivity contribution < 1.29 is 4.79 Å². The summed E-state index contributed by atoms with van der Waals surface area (Å²) in [5.41, 5.74) is 3.65. The summed E-state index contributed by atoms with van der Waals surface area (Å²) in [5, 5.41) is 1.26. The molecule has 3 nitrogen and oxygen atoms in total. The maximum atomic E-state index is 11.8. The number of carbonyl (C=O) groups is 1. The highest BCUT2D eigenvalue weighted by atomic mass is 16.2. The average molecular weight is 250 g/mol. The summed E-state index contributed by atoms with van der Waals surface area (Å²) in [7, 11) is 0. The zero-order valence-electron chi connectivity index (χ0n) is 10.5. The second-order valence-electron chi connectivity index (χ2n) is 5.05. The van der Waals surface area contributed by atoms with Crippen molar-refractivity contribution in [3.05, 3.63) is 53.8 Å². The van der Waals surface area contributed by atoms with E-state index in [0.29, 0.717) is 0 Å². The van der Waals surface area contributed by atoms with Crippen LogP contribution in [0.5, 0.6) is 0 Å². The van der Waals surface area contributed by atoms with Gasteiger partial charge in [-0.1, -0.05) is 30.4 Å². The van der Waals surface area contributed by atoms with E-state index in [1.165, 1.54) is 22.2 Å². The first-order chi connectivity index (χ1) is 9.33. The van der Waals surface area contributed by atoms with Crippen LogP contribution >= 0.6 is 0 Å². The van der Waals surface area contributed by atoms with E-state index in [9.17, 15) is 4.79 Å². The normalized spacial score (nSPS) is 23.1. The number of hydrogen-bond acceptors (Lipinski definition) is 1. The molecule has 3 heteroatoms. The number of nitrogens with zero attached hydrogens (tertiary/aromatic N) is 1. The largest absolute Gasteiger partial charge is 0.355 e. The molecule has 1 N–H and O–H groups in total. The summed E-state index contributed by atoms with van der Waals surface area (Å²) in [6.07, 6.45) is 8.73. The molecule has 19 heavy (non-hydrogen) atoms. The van der Waals surface area contributed by atoms with Crippen LogP contribution in [0.15, 0.2) is 42.5 Å². The minimum absolute atomic E-state index is 0.118. The lowest BCUT2D eigenvalue weighted by molar-refractivity contribution is -0.125. The van der Waals surface area contributed by atoms with Gasteiger partial charge in [0.25, 0.3) is 0 Å². The molecule has 0 radical (unpaired) electrons. The molecular weight excluding hydrogens is 236 g/mol. The highest BCUT2D eigenvalue weighted by Gasteiger charge is 2.25. The predicted molar refractivity (Wildman–Crippen MR) is 75.7 cm³/mol. The average Bonchev–Trinajstić information content (AvgIpc) is 2.92. The molecule has 1 aromatic carbocycles. The van der Waals surface area contributed by atoms with Crippen molar-refractivity contribution in [2.45, 2.75) is 12.5 Å². The SMILES string of the molecule is O=C1C=C[C@H]2/C=C\c3[nH]c4ccccc4c3CCN12. The number of rotatable bonds is 0. The topological polar surface area (TPSA) is 36.1 Å². The third-order valence-electron chi connectivity index (χ3n) is 3.99. The van der Waals surface area contributed by atoms with Crippen molar-refractivity contribution in [1.82, 2.24) is 9.88 Å². The Bertz CT molecular complexity index is 723. The summed E-state index contributed by atoms with van der Waals surface area (Å²) >= 11 is 0. The number of carbonyl (C=O) groups excluding carboxylic acids is 1. The first-order valence-electron chi connectivity index (χ1n) is 6.59. The Morgan fingerprint density at radius 3 is 2.95 bits per heavy atom. The van der Waals surface area contributed by atoms with Crippen LogP contribution in [0, 0.1) is 0 Å². The van der Waals surface area contributed by atoms with E-state index in [2.05, 4.69) is 35.3 Å². The standard InChI is InChI=1S/C16H14N2O/c19-16-8-6-11-5-7-15-13(9-10-18(11)16)12-3-1-2-4-14(12)17-15/h1-8,11,17H,9-10H2/b7-5-/t11-/m1/s1. The van der Waals surface area contributed by atoms with Crippen LogP contribution < -0.4 is 0 Å². The molecule has 0 bridgehead atoms. The van der Waals surface area contributed by atoms with E-state index in [-0.39, 0.29) is 11.9 Å². The summed E-state index contributed by atoms with van der Waals surface area (Å²) in [4.78, 5) is 17.2. The third kappa shape index (κ3) is 1.55. The lowest BCUT2D eigenvalue weighted by Crippen LogP contribution is -2.35. The minimum Gasteiger partial charge on any atom is -0.355 e. The van der Waals surface area contributed by atoms with Gasteiger partial charge in [0.15, 0.2) is 0 Å². The molecular formula is C16H14N2O. The molecule has 3 heterocycles. The van der Waals surface area contributed by atoms with E-state index in [0.717, 1.165) is 13.0 Å². The third-order valence-corrected chi connectivity index (χ3v) is 3.99. The van der Waals surface area contributed by atoms with Crippen molar-refractivity contribution in [2.24, 2.45) is 0 Å². The Labute approximate surface area is 111 Å². The number of H-pyrrole nitrogens is 1. The lowest BCUT2D eigenvalue weighted by atomic mass is 10.0. The Kier molecular flexibility index (Phi) is 2.15. The zero-order chi connectivity index (χ0) is 12.8. The first-order valence-corrected chi connectivity index (χ1v) is 6.59. The Morgan fingerprint density at radius 2 is 2.00 bits per heavy atom. The summed E-state index contributed by atoms with van der Waals surface area (Å²) in [5.74, 6) is 0.123. The van der Waals surface area contributed by atoms with E-state index in [4.69, 9.17) is 0 Å². The van der Waals surface area contributed by atoms with Gasteiger partial charge in [0.05, 0.1) is 6.04 Å². The smallest absolute Gasteiger partial charge is 0.247 e. The van der Waals surface area contributed by atoms with Gasteiger partial charge in [-0.15, -0.1) is 0 Å². The molecule has 2 aliphatic heterocycles. The first kappa shape index (κ1) is 10.6. The fourth-order valence-corrected chi connectivity index (χ4v) is 3.01. The molecule has 0 spiro atoms. The van der Waals surface area contributed by atoms with Gasteiger partial charge in [-0.2, -0.15) is 0 Å². The van der Waals surface area contributed by atoms with Crippen molar-refractivity contribution >= 4 is 22.9 Å². The monoisotopic (exact) mass is 250 g/mol. The molecule has 1 aromatic heterocycles. The van der Waals surface area contributed by atoms with E-state index >= 15 is 0 Å². The van der Waals surface area contributed by atoms with E-state index < -0.39 is 0 Å². The molecule has 2 aromatic rings. The fraction of sp³-hybridized carbons (Fsp3) is 0.188. The van der Waals surface area contributed by atoms with Gasteiger partial charge < -0.3 is 9.88 Å². The number of aromatic nitrogens is 1. The Balaban J connectivity index is 1.85. The number of fused-ring (bicyclic) bond motifs is 4. The lowest BCUT2D eigenvalue weighted by Gasteiger charge is -2.24. The van der Waals surface area contributed by atoms with Gasteiger partial charge in [0.2, 0.25) is 5.91 Å². The predicted octanol–water partition coefficient (Wildman–Crippen LogP) is 2.50. The second kappa shape index (κ2) is 3.85. The van der Waals surface area contributed by atoms with Crippen LogP contribution in [0.4, 0.5) is 0 Å². The molecule has 0 unspecified atom stereocenters. The molecule has 94 valence electrons. The van der Waals surface area contributed by atoms with Crippen LogP contribution in [0.3, 0.4) is 0 Å². The zero-order valence-corrected chi connectivity index (χ0v) is 10.5. The highest BCUT2D eigenvalue weighted by molar-refractivity contribution is 5.92. The summed E-state index contributed by atoms with van der Waals surface area (Å²) < 4.78 is 0. The molecule has 4 rings (SSSR count). The van der Waals surface area contributed by atoms with Gasteiger partial charge in [-0.25, -0.2) is 0 Å². The van der Waals surface area contributed by atoms with E-state index in [1.807, 2.05) is 17.0 Å². The van der Waals surface area contributed by atoms with Crippen molar-refractivity contribution in [2.75, 3.05) is 6.54 Å². The Hall–Kier alpha value is -2.29. The number of para-hydroxylation sites is 1. The minimum atomic E-state index is 0.118. The maximum Gasteiger partial charge on any atom is 0.247 e. The molecule has 0 saturated heterocycles. The van der Waals surface area contributed by atoms with Crippen molar-refractivity contribution in [3.63, 3.8) is 0 Å². The van der Waals surface area contributed by atoms with Gasteiger partial charge in [0.1, 0.15) is 0 Å². The molecule has 0 aliphatic carbocycles. The van der Waals surface area contributed by atoms with Crippen molar-refractivity contribution in [1.29, 1.82) is 0 Å². The maximum absolute atomic E-state index is 11.8. The number of benzene rings is 1. The number of hydrogen-bond donors (Lipinski definition) is 1. The van der Waals surface area contributed by atoms with Crippen LogP contribution in [-0.2, 0) is 11.2 Å². The van der Waals surface area contributed by atoms with Gasteiger partial charge >= 0.3 is 0 Å². The van der Waals surface area contributed by atoms with E-state index in [1.54, 1.807) is 6.08 Å². The van der Waals surface area contributed by atoms with Crippen LogP contribution in [-0.4, -0.2) is 28.4 Å². The molecule has 2 aliphatic rings. The molecule has 1 amide bonds. The molecule has 0 saturated carbocycles. The molecule has 1 atom stereocenters. The highest BCUT2D eigenvalue weighted by Crippen LogP contribution is 2.27. The van der Waals surface area contributed by atoms with Crippen molar-refractivity contribution in [3.8, 4) is 0 Å². The van der Waals surface area contributed by atoms with Gasteiger partial charge in [-0.3, -0.25) is 4.79 Å². The molecule has 0 fully saturated rings. The van der Waals surface area contributed by atoms with Gasteiger partial charge in [0, 0.05) is 29.2 Å². The number of nitrogens with one attached hydrogen (secondary N) is 1. The summed E-state index contributed by atoms with van der Waals surface area (Å²) in [6.45, 7) is 0.773. The quantitative estimate of drug-likeness (QED) is 0.766. The number of aromatic amines is 1.